The first kappa shape index (κ1) is 19.5. The summed E-state index contributed by atoms with van der Waals surface area (Å²) in [7, 11) is 0. The van der Waals surface area contributed by atoms with E-state index >= 15 is 0 Å². The first-order chi connectivity index (χ1) is 12.9. The van der Waals surface area contributed by atoms with Gasteiger partial charge < -0.3 is 10.1 Å². The molecule has 7 nitrogen and oxygen atoms in total. The monoisotopic (exact) mass is 372 g/mol. The molecule has 1 saturated heterocycles. The minimum absolute atomic E-state index is 0.0236. The quantitative estimate of drug-likeness (QED) is 0.824. The molecular formula is C20H28N4O3. The van der Waals surface area contributed by atoms with Gasteiger partial charge in [0, 0.05) is 31.6 Å². The fraction of sp³-hybridized carbons (Fsp3) is 0.550. The molecule has 1 unspecified atom stereocenters. The minimum Gasteiger partial charge on any atom is -0.374 e. The van der Waals surface area contributed by atoms with Crippen LogP contribution in [0.2, 0.25) is 0 Å². The number of fused-ring (bicyclic) bond motifs is 1. The SMILES string of the molecule is Cc1nn(CC(=O)NCC2CN(CC(C)C)CCO2)c(=O)c2ccccc12. The number of hydrogen-bond donors (Lipinski definition) is 1. The molecule has 1 fully saturated rings. The highest BCUT2D eigenvalue weighted by Gasteiger charge is 2.21. The molecule has 0 spiro atoms. The average molecular weight is 372 g/mol. The molecule has 1 N–H and O–H groups in total. The van der Waals surface area contributed by atoms with Crippen LogP contribution in [0.1, 0.15) is 19.5 Å². The zero-order valence-corrected chi connectivity index (χ0v) is 16.3. The first-order valence-electron chi connectivity index (χ1n) is 9.51. The molecule has 3 rings (SSSR count). The molecule has 1 aliphatic heterocycles. The smallest absolute Gasteiger partial charge is 0.275 e. The van der Waals surface area contributed by atoms with Crippen molar-refractivity contribution in [3.05, 3.63) is 40.3 Å². The van der Waals surface area contributed by atoms with Crippen molar-refractivity contribution < 1.29 is 9.53 Å². The number of aromatic nitrogens is 2. The van der Waals surface area contributed by atoms with Gasteiger partial charge in [-0.3, -0.25) is 14.5 Å². The molecule has 146 valence electrons. The Morgan fingerprint density at radius 3 is 2.81 bits per heavy atom. The number of amides is 1. The second-order valence-corrected chi connectivity index (χ2v) is 7.54. The molecule has 1 atom stereocenters. The van der Waals surface area contributed by atoms with Crippen LogP contribution in [0.3, 0.4) is 0 Å². The maximum Gasteiger partial charge on any atom is 0.275 e. The van der Waals surface area contributed by atoms with E-state index in [2.05, 4.69) is 29.2 Å². The van der Waals surface area contributed by atoms with Crippen LogP contribution in [-0.4, -0.2) is 59.5 Å². The normalized spacial score (nSPS) is 18.1. The third kappa shape index (κ3) is 4.93. The lowest BCUT2D eigenvalue weighted by Gasteiger charge is -2.33. The summed E-state index contributed by atoms with van der Waals surface area (Å²) in [5.41, 5.74) is 0.487. The molecule has 2 heterocycles. The number of benzene rings is 1. The highest BCUT2D eigenvalue weighted by Crippen LogP contribution is 2.11. The number of aryl methyl sites for hydroxylation is 1. The van der Waals surface area contributed by atoms with Gasteiger partial charge in [0.15, 0.2) is 0 Å². The number of nitrogens with one attached hydrogen (secondary N) is 1. The van der Waals surface area contributed by atoms with E-state index in [0.29, 0.717) is 24.5 Å². The van der Waals surface area contributed by atoms with Crippen LogP contribution in [0.5, 0.6) is 0 Å². The Labute approximate surface area is 159 Å². The van der Waals surface area contributed by atoms with Crippen LogP contribution in [0.4, 0.5) is 0 Å². The van der Waals surface area contributed by atoms with Crippen LogP contribution >= 0.6 is 0 Å². The summed E-state index contributed by atoms with van der Waals surface area (Å²) in [6.07, 6.45) is -0.0236. The Hall–Kier alpha value is -2.25. The summed E-state index contributed by atoms with van der Waals surface area (Å²) < 4.78 is 6.99. The molecule has 1 aromatic carbocycles. The Morgan fingerprint density at radius 2 is 2.07 bits per heavy atom. The predicted molar refractivity (Wildman–Crippen MR) is 105 cm³/mol. The number of morpholine rings is 1. The zero-order valence-electron chi connectivity index (χ0n) is 16.3. The standard InChI is InChI=1S/C20H28N4O3/c1-14(2)11-23-8-9-27-16(12-23)10-21-19(25)13-24-20(26)18-7-5-4-6-17(18)15(3)22-24/h4-7,14,16H,8-13H2,1-3H3,(H,21,25). The second-order valence-electron chi connectivity index (χ2n) is 7.54. The largest absolute Gasteiger partial charge is 0.374 e. The molecule has 0 bridgehead atoms. The van der Waals surface area contributed by atoms with Gasteiger partial charge in [-0.1, -0.05) is 32.0 Å². The van der Waals surface area contributed by atoms with E-state index in [4.69, 9.17) is 4.74 Å². The number of ether oxygens (including phenoxy) is 1. The Balaban J connectivity index is 1.59. The van der Waals surface area contributed by atoms with Gasteiger partial charge in [0.1, 0.15) is 6.54 Å². The van der Waals surface area contributed by atoms with E-state index in [-0.39, 0.29) is 24.1 Å². The molecule has 1 amide bonds. The summed E-state index contributed by atoms with van der Waals surface area (Å²) in [6.45, 7) is 10.0. The van der Waals surface area contributed by atoms with E-state index in [1.54, 1.807) is 6.07 Å². The lowest BCUT2D eigenvalue weighted by Crippen LogP contribution is -2.49. The summed E-state index contributed by atoms with van der Waals surface area (Å²) in [4.78, 5) is 27.3. The van der Waals surface area contributed by atoms with E-state index in [0.717, 1.165) is 30.7 Å². The number of hydrogen-bond acceptors (Lipinski definition) is 5. The molecule has 1 aliphatic rings. The summed E-state index contributed by atoms with van der Waals surface area (Å²) >= 11 is 0. The summed E-state index contributed by atoms with van der Waals surface area (Å²) in [5.74, 6) is 0.372. The van der Waals surface area contributed by atoms with Crippen molar-refractivity contribution in [1.29, 1.82) is 0 Å². The molecule has 0 aliphatic carbocycles. The maximum absolute atomic E-state index is 12.6. The topological polar surface area (TPSA) is 76.5 Å². The van der Waals surface area contributed by atoms with Crippen LogP contribution in [0.25, 0.3) is 10.8 Å². The molecule has 2 aromatic rings. The van der Waals surface area contributed by atoms with Crippen molar-refractivity contribution in [3.63, 3.8) is 0 Å². The fourth-order valence-electron chi connectivity index (χ4n) is 3.52. The molecule has 27 heavy (non-hydrogen) atoms. The third-order valence-corrected chi connectivity index (χ3v) is 4.72. The van der Waals surface area contributed by atoms with Crippen molar-refractivity contribution in [1.82, 2.24) is 20.0 Å². The van der Waals surface area contributed by atoms with E-state index < -0.39 is 0 Å². The van der Waals surface area contributed by atoms with Crippen molar-refractivity contribution in [2.45, 2.75) is 33.4 Å². The van der Waals surface area contributed by atoms with Crippen LogP contribution in [0.15, 0.2) is 29.1 Å². The van der Waals surface area contributed by atoms with Gasteiger partial charge in [-0.25, -0.2) is 4.68 Å². The van der Waals surface area contributed by atoms with Gasteiger partial charge in [-0.15, -0.1) is 0 Å². The molecular weight excluding hydrogens is 344 g/mol. The first-order valence-corrected chi connectivity index (χ1v) is 9.51. The van der Waals surface area contributed by atoms with Crippen molar-refractivity contribution in [2.75, 3.05) is 32.8 Å². The number of rotatable bonds is 6. The third-order valence-electron chi connectivity index (χ3n) is 4.72. The van der Waals surface area contributed by atoms with Crippen LogP contribution in [-0.2, 0) is 16.1 Å². The van der Waals surface area contributed by atoms with Gasteiger partial charge in [0.05, 0.1) is 23.8 Å². The van der Waals surface area contributed by atoms with Crippen LogP contribution < -0.4 is 10.9 Å². The Kier molecular flexibility index (Phi) is 6.23. The highest BCUT2D eigenvalue weighted by atomic mass is 16.5. The zero-order chi connectivity index (χ0) is 19.4. The highest BCUT2D eigenvalue weighted by molar-refractivity contribution is 5.83. The van der Waals surface area contributed by atoms with E-state index in [1.807, 2.05) is 25.1 Å². The van der Waals surface area contributed by atoms with Gasteiger partial charge in [-0.05, 0) is 18.9 Å². The minimum atomic E-state index is -0.247. The predicted octanol–water partition coefficient (Wildman–Crippen LogP) is 1.18. The van der Waals surface area contributed by atoms with Gasteiger partial charge >= 0.3 is 0 Å². The average Bonchev–Trinajstić information content (AvgIpc) is 2.64. The summed E-state index contributed by atoms with van der Waals surface area (Å²) in [6, 6.07) is 7.32. The van der Waals surface area contributed by atoms with Crippen molar-refractivity contribution >= 4 is 16.7 Å². The molecule has 0 radical (unpaired) electrons. The molecule has 7 heteroatoms. The lowest BCUT2D eigenvalue weighted by atomic mass is 10.1. The fourth-order valence-corrected chi connectivity index (χ4v) is 3.52. The lowest BCUT2D eigenvalue weighted by molar-refractivity contribution is -0.123. The Bertz CT molecular complexity index is 862. The molecule has 1 aromatic heterocycles. The summed E-state index contributed by atoms with van der Waals surface area (Å²) in [5, 5.41) is 8.56. The maximum atomic E-state index is 12.6. The van der Waals surface area contributed by atoms with Gasteiger partial charge in [0.2, 0.25) is 5.91 Å². The Morgan fingerprint density at radius 1 is 1.33 bits per heavy atom. The van der Waals surface area contributed by atoms with Gasteiger partial charge in [-0.2, -0.15) is 5.10 Å². The van der Waals surface area contributed by atoms with Crippen molar-refractivity contribution in [3.8, 4) is 0 Å². The molecule has 0 saturated carbocycles. The number of carbonyl (C=O) groups excluding carboxylic acids is 1. The van der Waals surface area contributed by atoms with Crippen LogP contribution in [0, 0.1) is 12.8 Å². The van der Waals surface area contributed by atoms with Gasteiger partial charge in [0.25, 0.3) is 5.56 Å². The number of nitrogens with zero attached hydrogens (tertiary/aromatic N) is 3. The second kappa shape index (κ2) is 8.63. The van der Waals surface area contributed by atoms with Crippen molar-refractivity contribution in [2.24, 2.45) is 5.92 Å². The number of carbonyl (C=O) groups is 1. The van der Waals surface area contributed by atoms with E-state index in [9.17, 15) is 9.59 Å². The van der Waals surface area contributed by atoms with E-state index in [1.165, 1.54) is 4.68 Å².